The molecule has 0 bridgehead atoms. The summed E-state index contributed by atoms with van der Waals surface area (Å²) in [6.07, 6.45) is 12.2. The highest BCUT2D eigenvalue weighted by molar-refractivity contribution is 6.02. The van der Waals surface area contributed by atoms with Gasteiger partial charge in [-0.1, -0.05) is 36.8 Å². The molecule has 11 heteroatoms. The fourth-order valence-corrected chi connectivity index (χ4v) is 7.91. The molecule has 3 aliphatic heterocycles. The smallest absolute Gasteiger partial charge is 0.319 e. The molecule has 0 aliphatic carbocycles. The molecular formula is C37H35F3N6O2. The van der Waals surface area contributed by atoms with Gasteiger partial charge in [0.2, 0.25) is 5.91 Å². The number of halogens is 3. The molecule has 3 fully saturated rings. The molecule has 7 rings (SSSR count). The maximum Gasteiger partial charge on any atom is 0.319 e. The minimum absolute atomic E-state index is 0.0176. The van der Waals surface area contributed by atoms with E-state index in [2.05, 4.69) is 27.4 Å². The second kappa shape index (κ2) is 12.3. The number of pyridine rings is 1. The van der Waals surface area contributed by atoms with Gasteiger partial charge in [0, 0.05) is 43.3 Å². The number of rotatable bonds is 7. The van der Waals surface area contributed by atoms with Crippen LogP contribution in [0.3, 0.4) is 0 Å². The van der Waals surface area contributed by atoms with E-state index in [1.54, 1.807) is 29.2 Å². The highest BCUT2D eigenvalue weighted by Crippen LogP contribution is 2.42. The number of nitrogens with zero attached hydrogens (tertiary/aromatic N) is 6. The summed E-state index contributed by atoms with van der Waals surface area (Å²) < 4.78 is 51.6. The third-order valence-electron chi connectivity index (χ3n) is 10.4. The van der Waals surface area contributed by atoms with E-state index in [0.717, 1.165) is 19.4 Å². The summed E-state index contributed by atoms with van der Waals surface area (Å²) in [5, 5.41) is 1.36. The molecule has 0 N–H and O–H groups in total. The summed E-state index contributed by atoms with van der Waals surface area (Å²) in [5.74, 6) is 1.32. The lowest BCUT2D eigenvalue weighted by Crippen LogP contribution is -2.44. The summed E-state index contributed by atoms with van der Waals surface area (Å²) in [5.41, 5.74) is 0.600. The predicted molar refractivity (Wildman–Crippen MR) is 179 cm³/mol. The molecule has 4 aromatic rings. The van der Waals surface area contributed by atoms with Crippen LogP contribution in [0.1, 0.15) is 38.2 Å². The molecule has 0 radical (unpaired) electrons. The van der Waals surface area contributed by atoms with Crippen molar-refractivity contribution in [2.75, 3.05) is 38.2 Å². The van der Waals surface area contributed by atoms with Gasteiger partial charge in [0.25, 0.3) is 0 Å². The Kier molecular flexibility index (Phi) is 8.08. The van der Waals surface area contributed by atoms with E-state index >= 15 is 4.39 Å². The fourth-order valence-electron chi connectivity index (χ4n) is 7.91. The Morgan fingerprint density at radius 2 is 2.08 bits per heavy atom. The average molecular weight is 653 g/mol. The normalized spacial score (nSPS) is 23.2. The number of hydrogen-bond acceptors (Lipinski definition) is 7. The maximum atomic E-state index is 16.9. The number of terminal acetylenes is 1. The number of anilines is 1. The van der Waals surface area contributed by atoms with Gasteiger partial charge in [-0.3, -0.25) is 14.7 Å². The van der Waals surface area contributed by atoms with Crippen molar-refractivity contribution in [1.82, 2.24) is 24.8 Å². The van der Waals surface area contributed by atoms with Crippen molar-refractivity contribution in [3.63, 3.8) is 0 Å². The van der Waals surface area contributed by atoms with E-state index < -0.39 is 17.2 Å². The molecular weight excluding hydrogens is 617 g/mol. The molecule has 0 spiro atoms. The zero-order valence-corrected chi connectivity index (χ0v) is 26.8. The number of likely N-dealkylation sites (tertiary alicyclic amines) is 1. The first-order chi connectivity index (χ1) is 23.2. The monoisotopic (exact) mass is 652 g/mol. The van der Waals surface area contributed by atoms with Gasteiger partial charge in [-0.25, -0.2) is 13.2 Å². The SMILES string of the molecule is C#Cc1c(F)ccc2cccc(-c3ncc4c(N(C)[C@@H]5CCN(C(=O)C=C)[C@@H]5C)nc(OCC56CCCN5C/C(=C/F)C6)nc4c3F)c12. The first-order valence-electron chi connectivity index (χ1n) is 16.1. The van der Waals surface area contributed by atoms with Crippen LogP contribution in [0.25, 0.3) is 32.9 Å². The fraction of sp³-hybridized carbons (Fsp3) is 0.351. The predicted octanol–water partition coefficient (Wildman–Crippen LogP) is 6.19. The Labute approximate surface area is 276 Å². The molecule has 5 heterocycles. The standard InChI is InChI=1S/C37H35F3N6O2/c1-5-25-28(39)12-11-24-9-7-10-26(31(24)25)33-32(40)34-27(19-41-33)35(44(4)29-13-16-46(22(29)3)30(47)6-2)43-36(42-34)48-21-37-14-8-15-45(37)20-23(17-37)18-38/h1,6-7,9-12,18-19,22,29H,2,8,13-17,20-21H2,3-4H3/b23-18+/t22-,29-,37?/m1/s1. The zero-order chi connectivity index (χ0) is 33.7. The lowest BCUT2D eigenvalue weighted by molar-refractivity contribution is -0.126. The Balaban J connectivity index is 1.35. The molecule has 3 atom stereocenters. The summed E-state index contributed by atoms with van der Waals surface area (Å²) in [6.45, 7) is 7.70. The van der Waals surface area contributed by atoms with E-state index in [1.165, 1.54) is 18.3 Å². The first kappa shape index (κ1) is 31.6. The number of benzene rings is 2. The van der Waals surface area contributed by atoms with Crippen LogP contribution in [-0.2, 0) is 4.79 Å². The van der Waals surface area contributed by atoms with E-state index in [1.807, 2.05) is 18.9 Å². The van der Waals surface area contributed by atoms with Crippen LogP contribution in [0.2, 0.25) is 0 Å². The van der Waals surface area contributed by atoms with Crippen molar-refractivity contribution in [3.8, 4) is 29.6 Å². The Morgan fingerprint density at radius 1 is 1.25 bits per heavy atom. The summed E-state index contributed by atoms with van der Waals surface area (Å²) in [7, 11) is 1.85. The van der Waals surface area contributed by atoms with Crippen LogP contribution >= 0.6 is 0 Å². The number of carbonyl (C=O) groups excluding carboxylic acids is 1. The third kappa shape index (κ3) is 5.06. The molecule has 246 valence electrons. The van der Waals surface area contributed by atoms with Crippen LogP contribution in [0.4, 0.5) is 19.0 Å². The van der Waals surface area contributed by atoms with Gasteiger partial charge in [-0.15, -0.1) is 6.42 Å². The van der Waals surface area contributed by atoms with Crippen LogP contribution < -0.4 is 9.64 Å². The lowest BCUT2D eigenvalue weighted by Gasteiger charge is -2.32. The van der Waals surface area contributed by atoms with Crippen LogP contribution in [-0.4, -0.2) is 81.6 Å². The van der Waals surface area contributed by atoms with Crippen molar-refractivity contribution in [3.05, 3.63) is 78.3 Å². The Morgan fingerprint density at radius 3 is 2.85 bits per heavy atom. The van der Waals surface area contributed by atoms with E-state index in [-0.39, 0.29) is 47.4 Å². The Bertz CT molecular complexity index is 2040. The molecule has 3 saturated heterocycles. The number of aromatic nitrogens is 3. The van der Waals surface area contributed by atoms with E-state index in [0.29, 0.717) is 65.4 Å². The lowest BCUT2D eigenvalue weighted by atomic mass is 9.94. The summed E-state index contributed by atoms with van der Waals surface area (Å²) >= 11 is 0. The van der Waals surface area contributed by atoms with Crippen molar-refractivity contribution in [1.29, 1.82) is 0 Å². The van der Waals surface area contributed by atoms with Crippen LogP contribution in [0.5, 0.6) is 6.01 Å². The van der Waals surface area contributed by atoms with Crippen molar-refractivity contribution < 1.29 is 22.7 Å². The molecule has 48 heavy (non-hydrogen) atoms. The molecule has 1 unspecified atom stereocenters. The minimum Gasteiger partial charge on any atom is -0.461 e. The highest BCUT2D eigenvalue weighted by atomic mass is 19.1. The van der Waals surface area contributed by atoms with Crippen LogP contribution in [0.15, 0.2) is 61.1 Å². The summed E-state index contributed by atoms with van der Waals surface area (Å²) in [4.78, 5) is 32.3. The molecule has 8 nitrogen and oxygen atoms in total. The third-order valence-corrected chi connectivity index (χ3v) is 10.4. The molecule has 0 saturated carbocycles. The van der Waals surface area contributed by atoms with Gasteiger partial charge in [-0.2, -0.15) is 9.97 Å². The Hall–Kier alpha value is -4.95. The number of ether oxygens (including phenoxy) is 1. The topological polar surface area (TPSA) is 74.7 Å². The molecule has 2 aromatic carbocycles. The van der Waals surface area contributed by atoms with Gasteiger partial charge in [0.05, 0.1) is 28.9 Å². The second-order valence-electron chi connectivity index (χ2n) is 12.9. The summed E-state index contributed by atoms with van der Waals surface area (Å²) in [6, 6.07) is 7.68. The van der Waals surface area contributed by atoms with E-state index in [4.69, 9.17) is 16.1 Å². The first-order valence-corrected chi connectivity index (χ1v) is 16.1. The van der Waals surface area contributed by atoms with Crippen molar-refractivity contribution in [2.24, 2.45) is 0 Å². The number of hydrogen-bond donors (Lipinski definition) is 0. The largest absolute Gasteiger partial charge is 0.461 e. The number of amides is 1. The van der Waals surface area contributed by atoms with Crippen molar-refractivity contribution >= 4 is 33.4 Å². The van der Waals surface area contributed by atoms with Crippen molar-refractivity contribution in [2.45, 2.75) is 50.2 Å². The van der Waals surface area contributed by atoms with Crippen LogP contribution in [0, 0.1) is 24.0 Å². The maximum absolute atomic E-state index is 16.9. The molecule has 1 amide bonds. The number of fused-ring (bicyclic) bond motifs is 3. The van der Waals surface area contributed by atoms with Gasteiger partial charge in [-0.05, 0) is 62.3 Å². The second-order valence-corrected chi connectivity index (χ2v) is 12.9. The van der Waals surface area contributed by atoms with Gasteiger partial charge >= 0.3 is 6.01 Å². The average Bonchev–Trinajstić information content (AvgIpc) is 3.78. The van der Waals surface area contributed by atoms with E-state index in [9.17, 15) is 13.6 Å². The number of carbonyl (C=O) groups is 1. The highest BCUT2D eigenvalue weighted by Gasteiger charge is 2.47. The zero-order valence-electron chi connectivity index (χ0n) is 26.8. The molecule has 2 aromatic heterocycles. The van der Waals surface area contributed by atoms with Gasteiger partial charge < -0.3 is 14.5 Å². The van der Waals surface area contributed by atoms with Gasteiger partial charge in [0.1, 0.15) is 29.5 Å². The van der Waals surface area contributed by atoms with Gasteiger partial charge in [0.15, 0.2) is 5.82 Å². The minimum atomic E-state index is -0.735. The number of likely N-dealkylation sites (N-methyl/N-ethyl adjacent to an activating group) is 1. The quantitative estimate of drug-likeness (QED) is 0.174. The molecule has 3 aliphatic rings.